The molecule has 0 spiro atoms. The maximum atomic E-state index is 12.4. The fourth-order valence-corrected chi connectivity index (χ4v) is 4.55. The summed E-state index contributed by atoms with van der Waals surface area (Å²) in [5, 5.41) is 15.6. The number of pyridine rings is 1. The van der Waals surface area contributed by atoms with Crippen molar-refractivity contribution in [1.29, 1.82) is 0 Å². The summed E-state index contributed by atoms with van der Waals surface area (Å²) >= 11 is 1.19. The number of hydrogen-bond donors (Lipinski definition) is 2. The van der Waals surface area contributed by atoms with Crippen LogP contribution in [0.15, 0.2) is 70.6 Å². The number of carbonyl (C=O) groups is 1. The molecule has 1 aliphatic rings. The third-order valence-corrected chi connectivity index (χ3v) is 6.27. The number of hydrogen-bond acceptors (Lipinski definition) is 8. The molecule has 174 valence electrons. The summed E-state index contributed by atoms with van der Waals surface area (Å²) in [7, 11) is 0. The number of benzene rings is 3. The van der Waals surface area contributed by atoms with E-state index < -0.39 is 4.92 Å². The number of rotatable bonds is 5. The first-order chi connectivity index (χ1) is 16.9. The van der Waals surface area contributed by atoms with Gasteiger partial charge in [-0.3, -0.25) is 14.9 Å². The second kappa shape index (κ2) is 9.07. The van der Waals surface area contributed by atoms with Gasteiger partial charge in [-0.1, -0.05) is 0 Å². The lowest BCUT2D eigenvalue weighted by Crippen LogP contribution is -2.19. The van der Waals surface area contributed by atoms with E-state index in [0.717, 1.165) is 22.0 Å². The lowest BCUT2D eigenvalue weighted by atomic mass is 10.1. The Balaban J connectivity index is 1.43. The van der Waals surface area contributed by atoms with Crippen LogP contribution in [0.25, 0.3) is 27.9 Å². The molecule has 0 bridgehead atoms. The number of ether oxygens (including phenoxy) is 1. The zero-order valence-corrected chi connectivity index (χ0v) is 19.3. The first-order valence-electron chi connectivity index (χ1n) is 10.7. The van der Waals surface area contributed by atoms with Crippen LogP contribution in [-0.4, -0.2) is 27.6 Å². The number of nitro benzene ring substituents is 1. The van der Waals surface area contributed by atoms with Crippen molar-refractivity contribution in [2.75, 3.05) is 12.3 Å². The summed E-state index contributed by atoms with van der Waals surface area (Å²) < 4.78 is 5.57. The maximum absolute atomic E-state index is 12.4. The Hall–Kier alpha value is -4.44. The van der Waals surface area contributed by atoms with E-state index in [2.05, 4.69) is 10.3 Å². The minimum atomic E-state index is -0.467. The first kappa shape index (κ1) is 22.4. The molecule has 3 aromatic carbocycles. The zero-order chi connectivity index (χ0) is 24.5. The third-order valence-electron chi connectivity index (χ3n) is 5.36. The van der Waals surface area contributed by atoms with Gasteiger partial charge in [-0.15, -0.1) is 0 Å². The number of nitro groups is 1. The van der Waals surface area contributed by atoms with E-state index >= 15 is 0 Å². The van der Waals surface area contributed by atoms with Crippen molar-refractivity contribution < 1.29 is 14.5 Å². The smallest absolute Gasteiger partial charge is 0.269 e. The van der Waals surface area contributed by atoms with Gasteiger partial charge in [0.05, 0.1) is 38.8 Å². The molecular formula is C25H19N5O4S. The number of nitrogen functional groups attached to an aromatic ring is 1. The van der Waals surface area contributed by atoms with Gasteiger partial charge in [0.2, 0.25) is 0 Å². The number of anilines is 1. The topological polar surface area (TPSA) is 133 Å². The quantitative estimate of drug-likeness (QED) is 0.172. The Bertz CT molecular complexity index is 1560. The molecule has 3 N–H and O–H groups in total. The van der Waals surface area contributed by atoms with E-state index in [4.69, 9.17) is 15.5 Å². The number of nitrogens with one attached hydrogen (secondary N) is 1. The average molecular weight is 486 g/mol. The second-order valence-electron chi connectivity index (χ2n) is 7.67. The van der Waals surface area contributed by atoms with Crippen molar-refractivity contribution in [3.63, 3.8) is 0 Å². The summed E-state index contributed by atoms with van der Waals surface area (Å²) in [6, 6.07) is 17.1. The summed E-state index contributed by atoms with van der Waals surface area (Å²) in [6.07, 6.45) is 1.66. The molecule has 0 saturated carbocycles. The van der Waals surface area contributed by atoms with Crippen LogP contribution in [0, 0.1) is 10.1 Å². The summed E-state index contributed by atoms with van der Waals surface area (Å²) in [4.78, 5) is 32.5. The third kappa shape index (κ3) is 4.51. The summed E-state index contributed by atoms with van der Waals surface area (Å²) in [5.41, 5.74) is 9.78. The molecule has 1 saturated heterocycles. The number of non-ortho nitro benzene ring substituents is 1. The van der Waals surface area contributed by atoms with Gasteiger partial charge in [0.25, 0.3) is 11.6 Å². The highest BCUT2D eigenvalue weighted by molar-refractivity contribution is 8.18. The van der Waals surface area contributed by atoms with Crippen molar-refractivity contribution in [1.82, 2.24) is 10.3 Å². The highest BCUT2D eigenvalue weighted by atomic mass is 32.2. The fraction of sp³-hybridized carbons (Fsp3) is 0.0800. The molecule has 0 aliphatic carbocycles. The van der Waals surface area contributed by atoms with Crippen LogP contribution in [0.5, 0.6) is 5.75 Å². The fourth-order valence-electron chi connectivity index (χ4n) is 3.71. The molecule has 0 unspecified atom stereocenters. The molecule has 35 heavy (non-hydrogen) atoms. The molecule has 9 nitrogen and oxygen atoms in total. The Kier molecular flexibility index (Phi) is 5.79. The van der Waals surface area contributed by atoms with E-state index in [1.165, 1.54) is 23.9 Å². The SMILES string of the molecule is CCOc1ccc2nc3cc(N=C4NC(=O)/C(=C\c5ccc([N+](=O)[O-])cc5)S4)ccc3c(N)c2c1. The lowest BCUT2D eigenvalue weighted by Gasteiger charge is -2.09. The molecule has 1 aromatic heterocycles. The first-order valence-corrected chi connectivity index (χ1v) is 11.5. The van der Waals surface area contributed by atoms with Gasteiger partial charge in [-0.05, 0) is 78.9 Å². The standard InChI is InChI=1S/C25H19N5O4S/c1-2-34-17-8-10-20-19(13-17)23(26)18-9-5-15(12-21(18)28-20)27-25-29-24(31)22(35-25)11-14-3-6-16(7-4-14)30(32)33/h3-13H,2H2,1H3,(H2,26,28)(H,27,29,31)/b22-11+. The van der Waals surface area contributed by atoms with Crippen molar-refractivity contribution in [3.8, 4) is 5.75 Å². The number of aliphatic imine (C=N–C) groups is 1. The highest BCUT2D eigenvalue weighted by Crippen LogP contribution is 2.34. The Morgan fingerprint density at radius 2 is 1.91 bits per heavy atom. The number of amides is 1. The Morgan fingerprint density at radius 1 is 1.11 bits per heavy atom. The largest absolute Gasteiger partial charge is 0.494 e. The molecule has 0 atom stereocenters. The number of thioether (sulfide) groups is 1. The van der Waals surface area contributed by atoms with E-state index in [1.54, 1.807) is 18.2 Å². The zero-order valence-electron chi connectivity index (χ0n) is 18.5. The number of carbonyl (C=O) groups excluding carboxylic acids is 1. The van der Waals surface area contributed by atoms with Crippen molar-refractivity contribution in [2.45, 2.75) is 6.92 Å². The molecule has 1 amide bonds. The van der Waals surface area contributed by atoms with E-state index in [1.807, 2.05) is 43.3 Å². The van der Waals surface area contributed by atoms with Crippen LogP contribution in [0.3, 0.4) is 0 Å². The monoisotopic (exact) mass is 485 g/mol. The lowest BCUT2D eigenvalue weighted by molar-refractivity contribution is -0.384. The van der Waals surface area contributed by atoms with E-state index in [-0.39, 0.29) is 11.6 Å². The van der Waals surface area contributed by atoms with Crippen LogP contribution >= 0.6 is 11.8 Å². The predicted molar refractivity (Wildman–Crippen MR) is 139 cm³/mol. The summed E-state index contributed by atoms with van der Waals surface area (Å²) in [6.45, 7) is 2.49. The number of nitrogens with zero attached hydrogens (tertiary/aromatic N) is 3. The molecule has 2 heterocycles. The minimum Gasteiger partial charge on any atom is -0.494 e. The second-order valence-corrected chi connectivity index (χ2v) is 8.70. The summed E-state index contributed by atoms with van der Waals surface area (Å²) in [5.74, 6) is 0.453. The van der Waals surface area contributed by atoms with Gasteiger partial charge in [0.1, 0.15) is 5.75 Å². The number of fused-ring (bicyclic) bond motifs is 2. The van der Waals surface area contributed by atoms with Gasteiger partial charge in [-0.2, -0.15) is 0 Å². The Labute approximate surface area is 203 Å². The van der Waals surface area contributed by atoms with Gasteiger partial charge >= 0.3 is 0 Å². The normalized spacial score (nSPS) is 15.7. The van der Waals surface area contributed by atoms with Crippen LogP contribution < -0.4 is 15.8 Å². The molecule has 1 fully saturated rings. The average Bonchev–Trinajstić information content (AvgIpc) is 3.18. The molecule has 5 rings (SSSR count). The van der Waals surface area contributed by atoms with Crippen LogP contribution in [0.1, 0.15) is 12.5 Å². The number of amidine groups is 1. The van der Waals surface area contributed by atoms with Gasteiger partial charge in [0.15, 0.2) is 5.17 Å². The van der Waals surface area contributed by atoms with Gasteiger partial charge in [0, 0.05) is 22.9 Å². The van der Waals surface area contributed by atoms with Crippen molar-refractivity contribution >= 4 is 67.8 Å². The number of nitrogens with two attached hydrogens (primary N) is 1. The molecule has 0 radical (unpaired) electrons. The van der Waals surface area contributed by atoms with Gasteiger partial charge in [-0.25, -0.2) is 9.98 Å². The van der Waals surface area contributed by atoms with Crippen LogP contribution in [-0.2, 0) is 4.79 Å². The molecular weight excluding hydrogens is 466 g/mol. The number of aromatic nitrogens is 1. The van der Waals surface area contributed by atoms with Crippen LogP contribution in [0.2, 0.25) is 0 Å². The van der Waals surface area contributed by atoms with E-state index in [9.17, 15) is 14.9 Å². The van der Waals surface area contributed by atoms with Gasteiger partial charge < -0.3 is 15.8 Å². The van der Waals surface area contributed by atoms with Crippen molar-refractivity contribution in [2.24, 2.45) is 4.99 Å². The highest BCUT2D eigenvalue weighted by Gasteiger charge is 2.24. The van der Waals surface area contributed by atoms with E-state index in [0.29, 0.717) is 39.1 Å². The molecule has 4 aromatic rings. The minimum absolute atomic E-state index is 0.00834. The predicted octanol–water partition coefficient (Wildman–Crippen LogP) is 5.17. The maximum Gasteiger partial charge on any atom is 0.269 e. The molecule has 10 heteroatoms. The van der Waals surface area contributed by atoms with Crippen molar-refractivity contribution in [3.05, 3.63) is 81.2 Å². The molecule has 1 aliphatic heterocycles. The van der Waals surface area contributed by atoms with Crippen LogP contribution in [0.4, 0.5) is 17.1 Å². The Morgan fingerprint density at radius 3 is 2.66 bits per heavy atom.